The molecule has 0 radical (unpaired) electrons. The molecule has 1 rings (SSSR count). The fraction of sp³-hybridized carbons (Fsp3) is 0.467. The van der Waals surface area contributed by atoms with Crippen molar-refractivity contribution in [2.75, 3.05) is 19.8 Å². The van der Waals surface area contributed by atoms with Gasteiger partial charge in [-0.05, 0) is 25.5 Å². The molecule has 0 fully saturated rings. The number of amides is 2. The van der Waals surface area contributed by atoms with Gasteiger partial charge in [-0.3, -0.25) is 9.59 Å². The largest absolute Gasteiger partial charge is 0.490 e. The van der Waals surface area contributed by atoms with Crippen LogP contribution in [0.2, 0.25) is 5.02 Å². The topological polar surface area (TPSA) is 90.6 Å². The molecule has 0 bridgehead atoms. The van der Waals surface area contributed by atoms with Crippen LogP contribution in [0.3, 0.4) is 0 Å². The Labute approximate surface area is 134 Å². The molecule has 0 aliphatic heterocycles. The first kappa shape index (κ1) is 18.1. The second-order valence-electron chi connectivity index (χ2n) is 4.57. The molecule has 0 saturated heterocycles. The maximum Gasteiger partial charge on any atom is 0.251 e. The molecular weight excluding hydrogens is 308 g/mol. The predicted molar refractivity (Wildman–Crippen MR) is 84.6 cm³/mol. The number of hydrogen-bond donors (Lipinski definition) is 2. The van der Waals surface area contributed by atoms with Crippen LogP contribution in [-0.4, -0.2) is 31.6 Å². The van der Waals surface area contributed by atoms with Crippen molar-refractivity contribution in [2.45, 2.75) is 26.7 Å². The zero-order chi connectivity index (χ0) is 16.5. The number of nitrogens with two attached hydrogens (primary N) is 1. The van der Waals surface area contributed by atoms with Crippen LogP contribution < -0.4 is 20.5 Å². The lowest BCUT2D eigenvalue weighted by atomic mass is 10.2. The molecule has 0 unspecified atom stereocenters. The average molecular weight is 329 g/mol. The minimum atomic E-state index is -0.621. The number of carbonyl (C=O) groups is 2. The second kappa shape index (κ2) is 9.15. The van der Waals surface area contributed by atoms with Crippen molar-refractivity contribution in [3.63, 3.8) is 0 Å². The minimum absolute atomic E-state index is 0.241. The molecule has 0 heterocycles. The van der Waals surface area contributed by atoms with Gasteiger partial charge in [0.05, 0.1) is 24.8 Å². The Morgan fingerprint density at radius 1 is 1.27 bits per heavy atom. The van der Waals surface area contributed by atoms with E-state index in [9.17, 15) is 9.59 Å². The summed E-state index contributed by atoms with van der Waals surface area (Å²) in [7, 11) is 0. The lowest BCUT2D eigenvalue weighted by Gasteiger charge is -2.15. The van der Waals surface area contributed by atoms with Crippen LogP contribution in [0.15, 0.2) is 12.1 Å². The van der Waals surface area contributed by atoms with Crippen LogP contribution in [0.25, 0.3) is 0 Å². The molecule has 3 N–H and O–H groups in total. The van der Waals surface area contributed by atoms with E-state index in [1.165, 1.54) is 12.1 Å². The summed E-state index contributed by atoms with van der Waals surface area (Å²) in [6.07, 6.45) is 1.89. The van der Waals surface area contributed by atoms with E-state index in [1.807, 2.05) is 6.92 Å². The van der Waals surface area contributed by atoms with Gasteiger partial charge in [-0.1, -0.05) is 24.9 Å². The highest BCUT2D eigenvalue weighted by atomic mass is 35.5. The molecule has 6 nitrogen and oxygen atoms in total. The van der Waals surface area contributed by atoms with Crippen molar-refractivity contribution in [1.29, 1.82) is 0 Å². The van der Waals surface area contributed by atoms with E-state index in [0.29, 0.717) is 24.7 Å². The summed E-state index contributed by atoms with van der Waals surface area (Å²) in [6, 6.07) is 3.01. The molecule has 22 heavy (non-hydrogen) atoms. The maximum absolute atomic E-state index is 12.0. The Kier molecular flexibility index (Phi) is 7.52. The molecule has 1 aromatic carbocycles. The Bertz CT molecular complexity index is 535. The first-order valence-electron chi connectivity index (χ1n) is 7.15. The van der Waals surface area contributed by atoms with Crippen molar-refractivity contribution in [2.24, 2.45) is 5.73 Å². The van der Waals surface area contributed by atoms with Crippen molar-refractivity contribution in [1.82, 2.24) is 5.32 Å². The first-order valence-corrected chi connectivity index (χ1v) is 7.53. The Morgan fingerprint density at radius 2 is 2.00 bits per heavy atom. The fourth-order valence-electron chi connectivity index (χ4n) is 1.69. The van der Waals surface area contributed by atoms with E-state index >= 15 is 0 Å². The highest BCUT2D eigenvalue weighted by Crippen LogP contribution is 2.36. The third-order valence-electron chi connectivity index (χ3n) is 2.74. The van der Waals surface area contributed by atoms with Crippen molar-refractivity contribution in [3.05, 3.63) is 22.7 Å². The lowest BCUT2D eigenvalue weighted by molar-refractivity contribution is -0.117. The molecule has 122 valence electrons. The van der Waals surface area contributed by atoms with Gasteiger partial charge in [-0.15, -0.1) is 0 Å². The lowest BCUT2D eigenvalue weighted by Crippen LogP contribution is -2.33. The van der Waals surface area contributed by atoms with Crippen LogP contribution in [0.5, 0.6) is 11.5 Å². The summed E-state index contributed by atoms with van der Waals surface area (Å²) in [4.78, 5) is 22.7. The molecule has 0 aromatic heterocycles. The smallest absolute Gasteiger partial charge is 0.251 e. The number of ether oxygens (including phenoxy) is 2. The zero-order valence-electron chi connectivity index (χ0n) is 12.8. The zero-order valence-corrected chi connectivity index (χ0v) is 13.5. The van der Waals surface area contributed by atoms with Gasteiger partial charge in [0.25, 0.3) is 5.91 Å². The van der Waals surface area contributed by atoms with Gasteiger partial charge in [0.15, 0.2) is 11.5 Å². The fourth-order valence-corrected chi connectivity index (χ4v) is 1.96. The van der Waals surface area contributed by atoms with Crippen LogP contribution in [0.4, 0.5) is 0 Å². The van der Waals surface area contributed by atoms with Gasteiger partial charge >= 0.3 is 0 Å². The standard InChI is InChI=1S/C15H21ClN2O4/c1-3-5-6-22-14-11(16)7-10(8-12(14)21-4-2)15(20)18-9-13(17)19/h7-8H,3-6,9H2,1-2H3,(H2,17,19)(H,18,20). The third kappa shape index (κ3) is 5.44. The van der Waals surface area contributed by atoms with E-state index < -0.39 is 11.8 Å². The average Bonchev–Trinajstić information content (AvgIpc) is 2.47. The van der Waals surface area contributed by atoms with Crippen LogP contribution >= 0.6 is 11.6 Å². The third-order valence-corrected chi connectivity index (χ3v) is 3.02. The van der Waals surface area contributed by atoms with Gasteiger partial charge in [-0.25, -0.2) is 0 Å². The van der Waals surface area contributed by atoms with Gasteiger partial charge in [0, 0.05) is 5.56 Å². The molecule has 0 spiro atoms. The molecule has 2 amide bonds. The SMILES string of the molecule is CCCCOc1c(Cl)cc(C(=O)NCC(N)=O)cc1OCC. The van der Waals surface area contributed by atoms with Gasteiger partial charge in [0.2, 0.25) is 5.91 Å². The van der Waals surface area contributed by atoms with Gasteiger partial charge < -0.3 is 20.5 Å². The Balaban J connectivity index is 2.97. The quantitative estimate of drug-likeness (QED) is 0.679. The van der Waals surface area contributed by atoms with E-state index in [2.05, 4.69) is 12.2 Å². The highest BCUT2D eigenvalue weighted by Gasteiger charge is 2.16. The van der Waals surface area contributed by atoms with E-state index in [1.54, 1.807) is 0 Å². The number of hydrogen-bond acceptors (Lipinski definition) is 4. The molecule has 0 atom stereocenters. The van der Waals surface area contributed by atoms with Gasteiger partial charge in [0.1, 0.15) is 0 Å². The monoisotopic (exact) mass is 328 g/mol. The van der Waals surface area contributed by atoms with Crippen molar-refractivity contribution >= 4 is 23.4 Å². The number of unbranched alkanes of at least 4 members (excludes halogenated alkanes) is 1. The minimum Gasteiger partial charge on any atom is -0.490 e. The number of halogens is 1. The molecule has 7 heteroatoms. The van der Waals surface area contributed by atoms with Crippen LogP contribution in [-0.2, 0) is 4.79 Å². The van der Waals surface area contributed by atoms with Crippen molar-refractivity contribution in [3.8, 4) is 11.5 Å². The normalized spacial score (nSPS) is 10.1. The molecule has 0 aliphatic rings. The molecule has 0 saturated carbocycles. The Hall–Kier alpha value is -1.95. The first-order chi connectivity index (χ1) is 10.5. The molecule has 1 aromatic rings. The van der Waals surface area contributed by atoms with Gasteiger partial charge in [-0.2, -0.15) is 0 Å². The Morgan fingerprint density at radius 3 is 2.59 bits per heavy atom. The highest BCUT2D eigenvalue weighted by molar-refractivity contribution is 6.32. The molecular formula is C15H21ClN2O4. The van der Waals surface area contributed by atoms with E-state index in [4.69, 9.17) is 26.8 Å². The van der Waals surface area contributed by atoms with E-state index in [-0.39, 0.29) is 17.1 Å². The number of benzene rings is 1. The summed E-state index contributed by atoms with van der Waals surface area (Å²) < 4.78 is 11.1. The van der Waals surface area contributed by atoms with Crippen LogP contribution in [0.1, 0.15) is 37.0 Å². The number of rotatable bonds is 9. The second-order valence-corrected chi connectivity index (χ2v) is 4.98. The summed E-state index contributed by atoms with van der Waals surface area (Å²) in [5.41, 5.74) is 5.27. The summed E-state index contributed by atoms with van der Waals surface area (Å²) in [5, 5.41) is 2.68. The van der Waals surface area contributed by atoms with Crippen molar-refractivity contribution < 1.29 is 19.1 Å². The predicted octanol–water partition coefficient (Wildman–Crippen LogP) is 2.13. The number of nitrogens with one attached hydrogen (secondary N) is 1. The number of carbonyl (C=O) groups excluding carboxylic acids is 2. The summed E-state index contributed by atoms with van der Waals surface area (Å²) in [6.45, 7) is 4.57. The summed E-state index contributed by atoms with van der Waals surface area (Å²) in [5.74, 6) is -0.260. The van der Waals surface area contributed by atoms with Crippen LogP contribution in [0, 0.1) is 0 Å². The maximum atomic E-state index is 12.0. The molecule has 0 aliphatic carbocycles. The van der Waals surface area contributed by atoms with E-state index in [0.717, 1.165) is 12.8 Å². The summed E-state index contributed by atoms with van der Waals surface area (Å²) >= 11 is 6.18. The number of primary amides is 1.